The van der Waals surface area contributed by atoms with Gasteiger partial charge in [0.05, 0.1) is 0 Å². The third-order valence-electron chi connectivity index (χ3n) is 3.53. The van der Waals surface area contributed by atoms with Crippen LogP contribution < -0.4 is 5.46 Å². The Labute approximate surface area is 122 Å². The predicted molar refractivity (Wildman–Crippen MR) is 81.6 cm³/mol. The molecule has 0 unspecified atom stereocenters. The second-order valence-corrected chi connectivity index (χ2v) is 6.41. The molecule has 0 aromatic heterocycles. The van der Waals surface area contributed by atoms with Gasteiger partial charge in [0.2, 0.25) is 0 Å². The Balaban J connectivity index is 1.91. The molecule has 0 bridgehead atoms. The van der Waals surface area contributed by atoms with Crippen molar-refractivity contribution in [2.24, 2.45) is 0 Å². The fraction of sp³-hybridized carbons (Fsp3) is 0.562. The molecule has 1 saturated heterocycles. The number of carbonyl (C=O) groups is 1. The molecule has 0 atom stereocenters. The van der Waals surface area contributed by atoms with Gasteiger partial charge in [0.1, 0.15) is 13.4 Å². The second kappa shape index (κ2) is 5.90. The van der Waals surface area contributed by atoms with Crippen molar-refractivity contribution >= 4 is 19.4 Å². The van der Waals surface area contributed by atoms with Crippen LogP contribution in [0.2, 0.25) is 0 Å². The highest BCUT2D eigenvalue weighted by Crippen LogP contribution is 2.28. The Morgan fingerprint density at radius 2 is 1.95 bits per heavy atom. The molecule has 3 nitrogen and oxygen atoms in total. The summed E-state index contributed by atoms with van der Waals surface area (Å²) in [5.74, 6) is 0.484. The quantitative estimate of drug-likeness (QED) is 0.735. The maximum absolute atomic E-state index is 12.0. The van der Waals surface area contributed by atoms with Crippen LogP contribution in [-0.2, 0) is 4.74 Å². The van der Waals surface area contributed by atoms with E-state index in [1.165, 1.54) is 5.56 Å². The van der Waals surface area contributed by atoms with E-state index in [2.05, 4.69) is 6.07 Å². The zero-order chi connectivity index (χ0) is 14.8. The lowest BCUT2D eigenvalue weighted by atomic mass is 9.85. The van der Waals surface area contributed by atoms with Crippen LogP contribution in [0.25, 0.3) is 0 Å². The zero-order valence-electron chi connectivity index (χ0n) is 12.6. The van der Waals surface area contributed by atoms with E-state index in [4.69, 9.17) is 12.6 Å². The molecular weight excluding hydrogens is 249 g/mol. The molecule has 0 spiro atoms. The van der Waals surface area contributed by atoms with E-state index < -0.39 is 5.60 Å². The molecule has 1 fully saturated rings. The van der Waals surface area contributed by atoms with Crippen LogP contribution in [0, 0.1) is 0 Å². The van der Waals surface area contributed by atoms with Gasteiger partial charge in [0.25, 0.3) is 0 Å². The van der Waals surface area contributed by atoms with E-state index in [-0.39, 0.29) is 6.09 Å². The van der Waals surface area contributed by atoms with Crippen molar-refractivity contribution in [1.82, 2.24) is 4.90 Å². The number of nitrogens with zero attached hydrogens (tertiary/aromatic N) is 1. The highest BCUT2D eigenvalue weighted by Gasteiger charge is 2.27. The Hall–Kier alpha value is -1.45. The smallest absolute Gasteiger partial charge is 0.410 e. The fourth-order valence-electron chi connectivity index (χ4n) is 2.53. The van der Waals surface area contributed by atoms with Crippen LogP contribution in [0.15, 0.2) is 24.3 Å². The monoisotopic (exact) mass is 271 g/mol. The van der Waals surface area contributed by atoms with E-state index in [9.17, 15) is 4.79 Å². The first-order valence-corrected chi connectivity index (χ1v) is 7.18. The van der Waals surface area contributed by atoms with E-state index in [0.29, 0.717) is 5.92 Å². The number of likely N-dealkylation sites (tertiary alicyclic amines) is 1. The SMILES string of the molecule is [B]c1cccc(C2CCN(C(=O)OC(C)(C)C)CC2)c1. The number of amides is 1. The topological polar surface area (TPSA) is 29.5 Å². The van der Waals surface area contributed by atoms with Gasteiger partial charge in [0.15, 0.2) is 0 Å². The summed E-state index contributed by atoms with van der Waals surface area (Å²) in [4.78, 5) is 13.8. The van der Waals surface area contributed by atoms with E-state index >= 15 is 0 Å². The van der Waals surface area contributed by atoms with Gasteiger partial charge >= 0.3 is 6.09 Å². The van der Waals surface area contributed by atoms with Gasteiger partial charge in [-0.15, -0.1) is 0 Å². The van der Waals surface area contributed by atoms with Crippen LogP contribution >= 0.6 is 0 Å². The average Bonchev–Trinajstić information content (AvgIpc) is 2.37. The summed E-state index contributed by atoms with van der Waals surface area (Å²) < 4.78 is 5.40. The molecule has 0 N–H and O–H groups in total. The number of rotatable bonds is 1. The normalized spacial score (nSPS) is 17.1. The number of hydrogen-bond donors (Lipinski definition) is 0. The largest absolute Gasteiger partial charge is 0.444 e. The minimum absolute atomic E-state index is 0.205. The highest BCUT2D eigenvalue weighted by atomic mass is 16.6. The van der Waals surface area contributed by atoms with Gasteiger partial charge < -0.3 is 9.64 Å². The molecule has 20 heavy (non-hydrogen) atoms. The lowest BCUT2D eigenvalue weighted by Gasteiger charge is -2.33. The van der Waals surface area contributed by atoms with E-state index in [1.807, 2.05) is 39.0 Å². The lowest BCUT2D eigenvalue weighted by Crippen LogP contribution is -2.41. The number of carbonyl (C=O) groups excluding carboxylic acids is 1. The molecule has 0 saturated carbocycles. The molecule has 1 amide bonds. The van der Waals surface area contributed by atoms with Crippen LogP contribution in [-0.4, -0.2) is 37.5 Å². The summed E-state index contributed by atoms with van der Waals surface area (Å²) in [5, 5.41) is 0. The molecule has 1 aromatic carbocycles. The molecule has 106 valence electrons. The summed E-state index contributed by atoms with van der Waals surface area (Å²) in [5.41, 5.74) is 1.65. The average molecular weight is 271 g/mol. The molecule has 2 rings (SSSR count). The molecule has 1 heterocycles. The fourth-order valence-corrected chi connectivity index (χ4v) is 2.53. The summed E-state index contributed by atoms with van der Waals surface area (Å²) in [6.45, 7) is 7.17. The highest BCUT2D eigenvalue weighted by molar-refractivity contribution is 6.32. The second-order valence-electron chi connectivity index (χ2n) is 6.41. The van der Waals surface area contributed by atoms with Crippen molar-refractivity contribution < 1.29 is 9.53 Å². The Bertz CT molecular complexity index is 474. The zero-order valence-corrected chi connectivity index (χ0v) is 12.6. The molecule has 0 aliphatic carbocycles. The molecule has 1 aliphatic rings. The minimum atomic E-state index is -0.429. The van der Waals surface area contributed by atoms with Crippen molar-refractivity contribution in [3.8, 4) is 0 Å². The first kappa shape index (κ1) is 15.0. The molecule has 1 aliphatic heterocycles. The number of piperidine rings is 1. The van der Waals surface area contributed by atoms with Gasteiger partial charge in [-0.3, -0.25) is 0 Å². The van der Waals surface area contributed by atoms with Crippen molar-refractivity contribution in [1.29, 1.82) is 0 Å². The van der Waals surface area contributed by atoms with E-state index in [0.717, 1.165) is 31.4 Å². The minimum Gasteiger partial charge on any atom is -0.444 e. The maximum Gasteiger partial charge on any atom is 0.410 e. The van der Waals surface area contributed by atoms with Crippen LogP contribution in [0.3, 0.4) is 0 Å². The van der Waals surface area contributed by atoms with E-state index in [1.54, 1.807) is 4.90 Å². The van der Waals surface area contributed by atoms with Crippen molar-refractivity contribution in [2.45, 2.75) is 45.1 Å². The first-order chi connectivity index (χ1) is 9.35. The third kappa shape index (κ3) is 4.02. The van der Waals surface area contributed by atoms with Gasteiger partial charge in [0, 0.05) is 13.1 Å². The number of ether oxygens (including phenoxy) is 1. The summed E-state index contributed by atoms with van der Waals surface area (Å²) in [7, 11) is 5.83. The third-order valence-corrected chi connectivity index (χ3v) is 3.53. The summed E-state index contributed by atoms with van der Waals surface area (Å²) in [6, 6.07) is 8.04. The lowest BCUT2D eigenvalue weighted by molar-refractivity contribution is 0.0205. The van der Waals surface area contributed by atoms with Gasteiger partial charge in [-0.1, -0.05) is 29.7 Å². The number of hydrogen-bond acceptors (Lipinski definition) is 2. The van der Waals surface area contributed by atoms with Crippen LogP contribution in [0.4, 0.5) is 4.79 Å². The first-order valence-electron chi connectivity index (χ1n) is 7.18. The van der Waals surface area contributed by atoms with Gasteiger partial charge in [-0.05, 0) is 45.1 Å². The molecule has 4 heteroatoms. The predicted octanol–water partition coefficient (Wildman–Crippen LogP) is 2.59. The Morgan fingerprint density at radius 3 is 2.50 bits per heavy atom. The number of benzene rings is 1. The van der Waals surface area contributed by atoms with Crippen LogP contribution in [0.1, 0.15) is 45.1 Å². The summed E-state index contributed by atoms with van der Waals surface area (Å²) >= 11 is 0. The van der Waals surface area contributed by atoms with Crippen LogP contribution in [0.5, 0.6) is 0 Å². The van der Waals surface area contributed by atoms with Gasteiger partial charge in [-0.25, -0.2) is 4.79 Å². The Kier molecular flexibility index (Phi) is 4.41. The molecule has 2 radical (unpaired) electrons. The molecular formula is C16H22BNO2. The van der Waals surface area contributed by atoms with Gasteiger partial charge in [-0.2, -0.15) is 0 Å². The van der Waals surface area contributed by atoms with Crippen molar-refractivity contribution in [2.75, 3.05) is 13.1 Å². The standard InChI is InChI=1S/C16H22BNO2/c1-16(2,3)20-15(19)18-9-7-12(8-10-18)13-5-4-6-14(17)11-13/h4-6,11-12H,7-10H2,1-3H3. The van der Waals surface area contributed by atoms with Crippen molar-refractivity contribution in [3.05, 3.63) is 29.8 Å². The Morgan fingerprint density at radius 1 is 1.30 bits per heavy atom. The van der Waals surface area contributed by atoms with Crippen molar-refractivity contribution in [3.63, 3.8) is 0 Å². The molecule has 1 aromatic rings. The summed E-state index contributed by atoms with van der Waals surface area (Å²) in [6.07, 6.45) is 1.72. The maximum atomic E-state index is 12.0.